The summed E-state index contributed by atoms with van der Waals surface area (Å²) in [6, 6.07) is 0.409. The summed E-state index contributed by atoms with van der Waals surface area (Å²) in [7, 11) is 0. The van der Waals surface area contributed by atoms with Crippen molar-refractivity contribution in [1.29, 1.82) is 0 Å². The largest absolute Gasteiger partial charge is 0.388 e. The molecule has 25 heavy (non-hydrogen) atoms. The highest BCUT2D eigenvalue weighted by Crippen LogP contribution is 2.11. The Balaban J connectivity index is 4.27. The Bertz CT molecular complexity index is 466. The normalized spacial score (nSPS) is 13.0. The van der Waals surface area contributed by atoms with Crippen LogP contribution in [0.3, 0.4) is 0 Å². The molecule has 0 radical (unpaired) electrons. The van der Waals surface area contributed by atoms with Gasteiger partial charge in [0.05, 0.1) is 0 Å². The van der Waals surface area contributed by atoms with Crippen LogP contribution in [0.25, 0.3) is 0 Å². The van der Waals surface area contributed by atoms with E-state index in [1.54, 1.807) is 6.20 Å². The van der Waals surface area contributed by atoms with Gasteiger partial charge in [-0.2, -0.15) is 11.8 Å². The van der Waals surface area contributed by atoms with E-state index in [0.29, 0.717) is 12.5 Å². The zero-order valence-corrected chi connectivity index (χ0v) is 17.0. The van der Waals surface area contributed by atoms with Gasteiger partial charge in [-0.15, -0.1) is 0 Å². The number of hydrogen-bond donors (Lipinski definition) is 3. The summed E-state index contributed by atoms with van der Waals surface area (Å²) in [6.45, 7) is 12.3. The van der Waals surface area contributed by atoms with Crippen molar-refractivity contribution in [3.05, 3.63) is 47.9 Å². The molecule has 0 aromatic heterocycles. The second-order valence-corrected chi connectivity index (χ2v) is 7.41. The highest BCUT2D eigenvalue weighted by Gasteiger charge is 1.99. The first-order valence-electron chi connectivity index (χ1n) is 8.87. The number of nitrogens with one attached hydrogen (secondary N) is 3. The van der Waals surface area contributed by atoms with Gasteiger partial charge in [0.15, 0.2) is 0 Å². The molecular weight excluding hydrogens is 330 g/mol. The lowest BCUT2D eigenvalue weighted by Crippen LogP contribution is -2.29. The highest BCUT2D eigenvalue weighted by atomic mass is 32.2. The van der Waals surface area contributed by atoms with E-state index >= 15 is 0 Å². The van der Waals surface area contributed by atoms with Gasteiger partial charge in [-0.3, -0.25) is 10.2 Å². The lowest BCUT2D eigenvalue weighted by molar-refractivity contribution is -0.110. The molecule has 5 heteroatoms. The fourth-order valence-corrected chi connectivity index (χ4v) is 3.06. The van der Waals surface area contributed by atoms with Crippen molar-refractivity contribution in [1.82, 2.24) is 16.2 Å². The fourth-order valence-electron chi connectivity index (χ4n) is 2.16. The Hall–Kier alpha value is -1.62. The molecule has 1 unspecified atom stereocenters. The first kappa shape index (κ1) is 23.4. The van der Waals surface area contributed by atoms with Crippen molar-refractivity contribution in [2.45, 2.75) is 59.4 Å². The van der Waals surface area contributed by atoms with Crippen LogP contribution in [-0.4, -0.2) is 24.0 Å². The number of rotatable bonds is 15. The monoisotopic (exact) mass is 365 g/mol. The lowest BCUT2D eigenvalue weighted by Gasteiger charge is -2.11. The molecule has 1 amide bonds. The maximum atomic E-state index is 10.5. The Morgan fingerprint density at radius 1 is 1.12 bits per heavy atom. The maximum Gasteiger partial charge on any atom is 0.225 e. The van der Waals surface area contributed by atoms with Crippen LogP contribution in [-0.2, 0) is 4.79 Å². The lowest BCUT2D eigenvalue weighted by atomic mass is 10.1. The average Bonchev–Trinajstić information content (AvgIpc) is 2.55. The Morgan fingerprint density at radius 2 is 1.84 bits per heavy atom. The molecular formula is C20H35N3OS. The number of allylic oxidation sites excluding steroid dienone is 5. The Kier molecular flexibility index (Phi) is 14.9. The summed E-state index contributed by atoms with van der Waals surface area (Å²) < 4.78 is 0. The molecule has 0 bridgehead atoms. The molecule has 0 spiro atoms. The summed E-state index contributed by atoms with van der Waals surface area (Å²) in [5.74, 6) is 1.93. The number of carbonyl (C=O) groups excluding carboxylic acids is 1. The summed E-state index contributed by atoms with van der Waals surface area (Å²) in [5.41, 5.74) is 9.36. The molecule has 1 atom stereocenters. The average molecular weight is 366 g/mol. The predicted octanol–water partition coefficient (Wildman–Crippen LogP) is 4.45. The van der Waals surface area contributed by atoms with Crippen molar-refractivity contribution in [2.24, 2.45) is 0 Å². The molecule has 142 valence electrons. The molecule has 0 aliphatic carbocycles. The molecule has 0 fully saturated rings. The minimum atomic E-state index is 0.409. The first-order valence-corrected chi connectivity index (χ1v) is 10.0. The van der Waals surface area contributed by atoms with Gasteiger partial charge in [0.25, 0.3) is 0 Å². The Labute approximate surface area is 158 Å². The van der Waals surface area contributed by atoms with Crippen LogP contribution in [0.2, 0.25) is 0 Å². The van der Waals surface area contributed by atoms with Gasteiger partial charge in [0.1, 0.15) is 0 Å². The highest BCUT2D eigenvalue weighted by molar-refractivity contribution is 7.99. The van der Waals surface area contributed by atoms with Crippen LogP contribution < -0.4 is 16.2 Å². The van der Waals surface area contributed by atoms with Gasteiger partial charge in [-0.05, 0) is 59.6 Å². The minimum absolute atomic E-state index is 0.409. The molecule has 0 rings (SSSR count). The predicted molar refractivity (Wildman–Crippen MR) is 112 cm³/mol. The van der Waals surface area contributed by atoms with E-state index in [4.69, 9.17) is 0 Å². The Morgan fingerprint density at radius 3 is 2.48 bits per heavy atom. The van der Waals surface area contributed by atoms with Crippen molar-refractivity contribution in [3.63, 3.8) is 0 Å². The van der Waals surface area contributed by atoms with E-state index in [2.05, 4.69) is 68.7 Å². The van der Waals surface area contributed by atoms with Gasteiger partial charge < -0.3 is 10.7 Å². The van der Waals surface area contributed by atoms with Crippen LogP contribution in [0.1, 0.15) is 53.4 Å². The summed E-state index contributed by atoms with van der Waals surface area (Å²) in [5, 5.41) is 3.17. The second-order valence-electron chi connectivity index (χ2n) is 6.34. The summed E-state index contributed by atoms with van der Waals surface area (Å²) in [4.78, 5) is 10.5. The number of hydrogen-bond acceptors (Lipinski definition) is 4. The molecule has 0 heterocycles. The maximum absolute atomic E-state index is 10.5. The fraction of sp³-hybridized carbons (Fsp3) is 0.550. The van der Waals surface area contributed by atoms with Gasteiger partial charge in [0, 0.05) is 23.2 Å². The molecule has 0 aromatic carbocycles. The van der Waals surface area contributed by atoms with E-state index < -0.39 is 0 Å². The zero-order valence-electron chi connectivity index (χ0n) is 16.2. The number of thioether (sulfide) groups is 1. The van der Waals surface area contributed by atoms with E-state index in [9.17, 15) is 4.79 Å². The van der Waals surface area contributed by atoms with Gasteiger partial charge in [0.2, 0.25) is 6.41 Å². The molecule has 0 aliphatic rings. The molecule has 0 saturated carbocycles. The van der Waals surface area contributed by atoms with Crippen LogP contribution >= 0.6 is 11.8 Å². The quantitative estimate of drug-likeness (QED) is 0.174. The minimum Gasteiger partial charge on any atom is -0.388 e. The van der Waals surface area contributed by atoms with Crippen LogP contribution in [0.4, 0.5) is 0 Å². The van der Waals surface area contributed by atoms with Crippen LogP contribution in [0.5, 0.6) is 0 Å². The molecule has 4 nitrogen and oxygen atoms in total. The standard InChI is InChI=1S/C20H35N3OS/c1-6-21-19(5)15-25-14-13-20(23-22-16-24)12-8-11-18(4)10-7-9-17(2)3/h6,9,11,13,16,19,21,23H,1,7-8,10,12,14-15H2,2-5H3,(H,22,24)/b18-11+,20-13-. The van der Waals surface area contributed by atoms with E-state index in [1.807, 2.05) is 11.8 Å². The van der Waals surface area contributed by atoms with Crippen LogP contribution in [0.15, 0.2) is 47.9 Å². The third-order valence-corrected chi connectivity index (χ3v) is 4.65. The van der Waals surface area contributed by atoms with Crippen molar-refractivity contribution < 1.29 is 4.79 Å². The molecule has 0 saturated heterocycles. The number of amides is 1. The van der Waals surface area contributed by atoms with Crippen molar-refractivity contribution in [3.8, 4) is 0 Å². The number of hydrazine groups is 1. The van der Waals surface area contributed by atoms with Gasteiger partial charge in [-0.1, -0.05) is 36.0 Å². The topological polar surface area (TPSA) is 53.2 Å². The van der Waals surface area contributed by atoms with Gasteiger partial charge >= 0.3 is 0 Å². The summed E-state index contributed by atoms with van der Waals surface area (Å²) in [6.07, 6.45) is 13.2. The van der Waals surface area contributed by atoms with E-state index in [0.717, 1.165) is 42.9 Å². The van der Waals surface area contributed by atoms with Crippen molar-refractivity contribution >= 4 is 18.2 Å². The van der Waals surface area contributed by atoms with Gasteiger partial charge in [-0.25, -0.2) is 0 Å². The van der Waals surface area contributed by atoms with Crippen molar-refractivity contribution in [2.75, 3.05) is 11.5 Å². The van der Waals surface area contributed by atoms with Crippen LogP contribution in [0, 0.1) is 0 Å². The van der Waals surface area contributed by atoms with E-state index in [-0.39, 0.29) is 0 Å². The third kappa shape index (κ3) is 15.6. The van der Waals surface area contributed by atoms with E-state index in [1.165, 1.54) is 11.1 Å². The molecule has 0 aliphatic heterocycles. The zero-order chi connectivity index (χ0) is 18.9. The molecule has 0 aromatic rings. The number of carbonyl (C=O) groups is 1. The molecule has 3 N–H and O–H groups in total. The third-order valence-electron chi connectivity index (χ3n) is 3.51. The SMILES string of the molecule is C=CNC(C)CSC/C=C(/CC/C=C(\C)CCC=C(C)C)NNC=O. The second kappa shape index (κ2) is 15.9. The smallest absolute Gasteiger partial charge is 0.225 e. The first-order chi connectivity index (χ1) is 12.0. The summed E-state index contributed by atoms with van der Waals surface area (Å²) >= 11 is 1.85.